The van der Waals surface area contributed by atoms with Crippen LogP contribution < -0.4 is 10.6 Å². The van der Waals surface area contributed by atoms with Crippen LogP contribution in [0.2, 0.25) is 0 Å². The molecule has 0 bridgehead atoms. The molecule has 1 heterocycles. The second-order valence-corrected chi connectivity index (χ2v) is 8.36. The highest BCUT2D eigenvalue weighted by Gasteiger charge is 2.24. The smallest absolute Gasteiger partial charge is 0.243 e. The molecule has 1 saturated heterocycles. The van der Waals surface area contributed by atoms with Gasteiger partial charge in [0.25, 0.3) is 0 Å². The molecule has 2 unspecified atom stereocenters. The van der Waals surface area contributed by atoms with Gasteiger partial charge in [0, 0.05) is 33.2 Å². The van der Waals surface area contributed by atoms with Crippen molar-refractivity contribution in [2.24, 2.45) is 4.99 Å². The minimum absolute atomic E-state index is 0.0139. The summed E-state index contributed by atoms with van der Waals surface area (Å²) in [6, 6.07) is 21.4. The van der Waals surface area contributed by atoms with Crippen LogP contribution in [0.15, 0.2) is 65.7 Å². The van der Waals surface area contributed by atoms with Gasteiger partial charge in [-0.3, -0.25) is 9.69 Å². The summed E-state index contributed by atoms with van der Waals surface area (Å²) in [4.78, 5) is 20.7. The molecule has 2 aromatic rings. The first-order chi connectivity index (χ1) is 15.0. The minimum Gasteiger partial charge on any atom is -0.355 e. The Bertz CT molecular complexity index is 838. The highest BCUT2D eigenvalue weighted by molar-refractivity contribution is 5.85. The number of nitrogens with one attached hydrogen (secondary N) is 2. The van der Waals surface area contributed by atoms with Crippen LogP contribution in [0.5, 0.6) is 0 Å². The lowest BCUT2D eigenvalue weighted by Gasteiger charge is -2.26. The van der Waals surface area contributed by atoms with Gasteiger partial charge in [0.1, 0.15) is 6.54 Å². The summed E-state index contributed by atoms with van der Waals surface area (Å²) in [5.74, 6) is 0.665. The number of hydrogen-bond donors (Lipinski definition) is 2. The number of benzene rings is 2. The summed E-state index contributed by atoms with van der Waals surface area (Å²) in [6.45, 7) is 5.11. The first kappa shape index (κ1) is 22.8. The molecule has 1 fully saturated rings. The summed E-state index contributed by atoms with van der Waals surface area (Å²) in [7, 11) is 3.51. The standard InChI is InChI=1S/C25H35N5O/c1-20(22-13-8-5-9-14-22)28-25(27-18-24(31)29(2)3)26-17-23-15-10-16-30(23)19-21-11-6-4-7-12-21/h4-9,11-14,20,23H,10,15-19H2,1-3H3,(H2,26,27,28). The van der Waals surface area contributed by atoms with E-state index < -0.39 is 0 Å². The fourth-order valence-corrected chi connectivity index (χ4v) is 3.84. The normalized spacial score (nSPS) is 17.9. The molecule has 2 aromatic carbocycles. The van der Waals surface area contributed by atoms with Crippen molar-refractivity contribution in [3.05, 3.63) is 71.8 Å². The molecule has 0 aromatic heterocycles. The van der Waals surface area contributed by atoms with Crippen LogP contribution in [0.4, 0.5) is 0 Å². The number of nitrogens with zero attached hydrogens (tertiary/aromatic N) is 3. The molecular weight excluding hydrogens is 386 g/mol. The van der Waals surface area contributed by atoms with Crippen LogP contribution in [0.1, 0.15) is 36.9 Å². The highest BCUT2D eigenvalue weighted by Crippen LogP contribution is 2.19. The van der Waals surface area contributed by atoms with Crippen molar-refractivity contribution in [3.63, 3.8) is 0 Å². The molecule has 1 aliphatic heterocycles. The topological polar surface area (TPSA) is 60.0 Å². The van der Waals surface area contributed by atoms with Crippen LogP contribution >= 0.6 is 0 Å². The maximum absolute atomic E-state index is 12.1. The van der Waals surface area contributed by atoms with Crippen molar-refractivity contribution >= 4 is 11.9 Å². The zero-order valence-corrected chi connectivity index (χ0v) is 18.9. The van der Waals surface area contributed by atoms with Crippen molar-refractivity contribution in [2.75, 3.05) is 33.7 Å². The summed E-state index contributed by atoms with van der Waals surface area (Å²) in [6.07, 6.45) is 2.37. The van der Waals surface area contributed by atoms with Gasteiger partial charge in [0.05, 0.1) is 6.04 Å². The van der Waals surface area contributed by atoms with Crippen molar-refractivity contribution in [1.29, 1.82) is 0 Å². The predicted molar refractivity (Wildman–Crippen MR) is 127 cm³/mol. The monoisotopic (exact) mass is 421 g/mol. The van der Waals surface area contributed by atoms with E-state index in [9.17, 15) is 4.79 Å². The van der Waals surface area contributed by atoms with E-state index in [-0.39, 0.29) is 18.5 Å². The van der Waals surface area contributed by atoms with E-state index in [2.05, 4.69) is 69.9 Å². The van der Waals surface area contributed by atoms with Gasteiger partial charge in [-0.25, -0.2) is 4.99 Å². The number of amides is 1. The number of likely N-dealkylation sites (N-methyl/N-ethyl adjacent to an activating group) is 1. The minimum atomic E-state index is -0.0139. The lowest BCUT2D eigenvalue weighted by molar-refractivity contribution is -0.127. The third-order valence-electron chi connectivity index (χ3n) is 5.76. The van der Waals surface area contributed by atoms with Gasteiger partial charge in [0.2, 0.25) is 5.91 Å². The molecule has 1 amide bonds. The second-order valence-electron chi connectivity index (χ2n) is 8.36. The van der Waals surface area contributed by atoms with Crippen LogP contribution in [-0.4, -0.2) is 61.4 Å². The maximum Gasteiger partial charge on any atom is 0.243 e. The number of carbonyl (C=O) groups is 1. The van der Waals surface area contributed by atoms with E-state index in [0.717, 1.165) is 26.1 Å². The van der Waals surface area contributed by atoms with Crippen LogP contribution in [-0.2, 0) is 11.3 Å². The van der Waals surface area contributed by atoms with E-state index in [1.807, 2.05) is 18.2 Å². The Hall–Kier alpha value is -2.86. The molecule has 31 heavy (non-hydrogen) atoms. The summed E-state index contributed by atoms with van der Waals surface area (Å²) >= 11 is 0. The van der Waals surface area contributed by atoms with Gasteiger partial charge in [0.15, 0.2) is 5.96 Å². The highest BCUT2D eigenvalue weighted by atomic mass is 16.2. The Kier molecular flexibility index (Phi) is 8.47. The number of aliphatic imine (C=N–C) groups is 1. The van der Waals surface area contributed by atoms with E-state index in [1.165, 1.54) is 17.5 Å². The quantitative estimate of drug-likeness (QED) is 0.508. The van der Waals surface area contributed by atoms with Gasteiger partial charge in [-0.1, -0.05) is 60.7 Å². The average Bonchev–Trinajstić information content (AvgIpc) is 3.23. The number of carbonyl (C=O) groups excluding carboxylic acids is 1. The third-order valence-corrected chi connectivity index (χ3v) is 5.76. The van der Waals surface area contributed by atoms with Crippen LogP contribution in [0, 0.1) is 0 Å². The molecule has 2 N–H and O–H groups in total. The predicted octanol–water partition coefficient (Wildman–Crippen LogP) is 3.04. The van der Waals surface area contributed by atoms with Crippen molar-refractivity contribution < 1.29 is 4.79 Å². The van der Waals surface area contributed by atoms with E-state index in [1.54, 1.807) is 19.0 Å². The summed E-state index contributed by atoms with van der Waals surface area (Å²) in [5, 5.41) is 6.96. The molecule has 0 radical (unpaired) electrons. The Labute approximate surface area is 186 Å². The Balaban J connectivity index is 1.63. The fraction of sp³-hybridized carbons (Fsp3) is 0.440. The summed E-state index contributed by atoms with van der Waals surface area (Å²) in [5.41, 5.74) is 2.53. The molecule has 2 atom stereocenters. The average molecular weight is 422 g/mol. The first-order valence-electron chi connectivity index (χ1n) is 11.1. The molecule has 0 saturated carbocycles. The first-order valence-corrected chi connectivity index (χ1v) is 11.1. The van der Waals surface area contributed by atoms with Gasteiger partial charge in [-0.15, -0.1) is 0 Å². The molecule has 0 spiro atoms. The molecule has 6 heteroatoms. The largest absolute Gasteiger partial charge is 0.355 e. The van der Waals surface area contributed by atoms with E-state index >= 15 is 0 Å². The maximum atomic E-state index is 12.1. The molecule has 3 rings (SSSR count). The van der Waals surface area contributed by atoms with Gasteiger partial charge < -0.3 is 15.5 Å². The van der Waals surface area contributed by atoms with Gasteiger partial charge in [-0.05, 0) is 37.4 Å². The third kappa shape index (κ3) is 7.10. The van der Waals surface area contributed by atoms with Crippen molar-refractivity contribution in [1.82, 2.24) is 20.4 Å². The number of guanidine groups is 1. The molecular formula is C25H35N5O. The number of rotatable bonds is 8. The number of hydrogen-bond acceptors (Lipinski definition) is 3. The van der Waals surface area contributed by atoms with Crippen molar-refractivity contribution in [2.45, 2.75) is 38.4 Å². The van der Waals surface area contributed by atoms with Crippen molar-refractivity contribution in [3.8, 4) is 0 Å². The number of likely N-dealkylation sites (tertiary alicyclic amines) is 1. The van der Waals surface area contributed by atoms with Crippen LogP contribution in [0.25, 0.3) is 0 Å². The van der Waals surface area contributed by atoms with E-state index in [0.29, 0.717) is 12.0 Å². The van der Waals surface area contributed by atoms with Gasteiger partial charge >= 0.3 is 0 Å². The van der Waals surface area contributed by atoms with Crippen LogP contribution in [0.3, 0.4) is 0 Å². The molecule has 0 aliphatic carbocycles. The molecule has 1 aliphatic rings. The Morgan fingerprint density at radius 1 is 1.13 bits per heavy atom. The zero-order chi connectivity index (χ0) is 22.1. The lowest BCUT2D eigenvalue weighted by atomic mass is 10.1. The lowest BCUT2D eigenvalue weighted by Crippen LogP contribution is -2.45. The van der Waals surface area contributed by atoms with Gasteiger partial charge in [-0.2, -0.15) is 0 Å². The second kappa shape index (κ2) is 11.5. The Morgan fingerprint density at radius 3 is 2.48 bits per heavy atom. The SMILES string of the molecule is CC(NC(=NCC(=O)N(C)C)NCC1CCCN1Cc1ccccc1)c1ccccc1. The fourth-order valence-electron chi connectivity index (χ4n) is 3.84. The summed E-state index contributed by atoms with van der Waals surface area (Å²) < 4.78 is 0. The molecule has 6 nitrogen and oxygen atoms in total. The van der Waals surface area contributed by atoms with E-state index in [4.69, 9.17) is 0 Å². The zero-order valence-electron chi connectivity index (χ0n) is 18.9. The Morgan fingerprint density at radius 2 is 1.81 bits per heavy atom. The molecule has 166 valence electrons.